The van der Waals surface area contributed by atoms with E-state index in [1.165, 1.54) is 12.8 Å². The van der Waals surface area contributed by atoms with E-state index in [1.807, 2.05) is 12.1 Å². The Morgan fingerprint density at radius 3 is 2.71 bits per heavy atom. The van der Waals surface area contributed by atoms with E-state index in [1.54, 1.807) is 13.4 Å². The molecule has 8 nitrogen and oxygen atoms in total. The van der Waals surface area contributed by atoms with E-state index < -0.39 is 0 Å². The van der Waals surface area contributed by atoms with Crippen molar-refractivity contribution < 1.29 is 9.47 Å². The number of rotatable bonds is 7. The highest BCUT2D eigenvalue weighted by Crippen LogP contribution is 2.35. The topological polar surface area (TPSA) is 87.7 Å². The van der Waals surface area contributed by atoms with Crippen molar-refractivity contribution in [1.82, 2.24) is 25.4 Å². The van der Waals surface area contributed by atoms with E-state index in [-0.39, 0.29) is 6.10 Å². The number of nitrogens with zero attached hydrogens (tertiary/aromatic N) is 4. The summed E-state index contributed by atoms with van der Waals surface area (Å²) in [7, 11) is 1.70. The molecule has 1 saturated heterocycles. The zero-order valence-corrected chi connectivity index (χ0v) is 18.6. The summed E-state index contributed by atoms with van der Waals surface area (Å²) in [5.41, 5.74) is 1.07. The van der Waals surface area contributed by atoms with Crippen LogP contribution in [0.5, 0.6) is 11.5 Å². The molecule has 2 N–H and O–H groups in total. The first-order valence-corrected chi connectivity index (χ1v) is 11.5. The molecular formula is C23H34N6O2. The molecule has 2 heterocycles. The van der Waals surface area contributed by atoms with Crippen molar-refractivity contribution >= 4 is 5.96 Å². The van der Waals surface area contributed by atoms with E-state index in [0.29, 0.717) is 12.5 Å². The molecule has 8 heteroatoms. The van der Waals surface area contributed by atoms with Gasteiger partial charge in [-0.2, -0.15) is 5.10 Å². The molecule has 1 aromatic carbocycles. The fourth-order valence-electron chi connectivity index (χ4n) is 4.52. The van der Waals surface area contributed by atoms with Gasteiger partial charge in [0.1, 0.15) is 12.2 Å². The van der Waals surface area contributed by atoms with E-state index in [0.717, 1.165) is 74.2 Å². The van der Waals surface area contributed by atoms with Gasteiger partial charge in [-0.1, -0.05) is 12.1 Å². The molecule has 1 aliphatic carbocycles. The summed E-state index contributed by atoms with van der Waals surface area (Å²) in [6.45, 7) is 5.40. The molecular weight excluding hydrogens is 392 g/mol. The van der Waals surface area contributed by atoms with Gasteiger partial charge in [0.15, 0.2) is 17.5 Å². The number of likely N-dealkylation sites (tertiary alicyclic amines) is 1. The Labute approximate surface area is 184 Å². The molecule has 4 rings (SSSR count). The first-order valence-electron chi connectivity index (χ1n) is 11.5. The summed E-state index contributed by atoms with van der Waals surface area (Å²) in [4.78, 5) is 11.6. The van der Waals surface area contributed by atoms with Crippen molar-refractivity contribution in [3.63, 3.8) is 0 Å². The number of benzene rings is 1. The molecule has 0 amide bonds. The molecule has 1 saturated carbocycles. The number of hydrogen-bond acceptors (Lipinski definition) is 5. The SMILES string of the molecule is CCNC(=NCc1cccc(OC)c1OC1CCCC1)N1CCC(c2ncn[nH]2)CC1. The zero-order valence-electron chi connectivity index (χ0n) is 18.6. The predicted octanol–water partition coefficient (Wildman–Crippen LogP) is 3.48. The van der Waals surface area contributed by atoms with Crippen LogP contribution < -0.4 is 14.8 Å². The fourth-order valence-corrected chi connectivity index (χ4v) is 4.52. The number of hydrogen-bond donors (Lipinski definition) is 2. The Balaban J connectivity index is 1.46. The van der Waals surface area contributed by atoms with Crippen LogP contribution in [0.15, 0.2) is 29.5 Å². The number of H-pyrrole nitrogens is 1. The Kier molecular flexibility index (Phi) is 7.27. The first kappa shape index (κ1) is 21.5. The zero-order chi connectivity index (χ0) is 21.5. The quantitative estimate of drug-likeness (QED) is 0.521. The minimum atomic E-state index is 0.280. The second kappa shape index (κ2) is 10.5. The molecule has 2 aliphatic rings. The first-order chi connectivity index (χ1) is 15.3. The summed E-state index contributed by atoms with van der Waals surface area (Å²) >= 11 is 0. The number of aromatic nitrogens is 3. The van der Waals surface area contributed by atoms with Gasteiger partial charge in [0.05, 0.1) is 19.8 Å². The number of nitrogens with one attached hydrogen (secondary N) is 2. The van der Waals surface area contributed by atoms with Crippen molar-refractivity contribution in [2.24, 2.45) is 4.99 Å². The lowest BCUT2D eigenvalue weighted by Crippen LogP contribution is -2.45. The second-order valence-electron chi connectivity index (χ2n) is 8.28. The van der Waals surface area contributed by atoms with Gasteiger partial charge in [0.25, 0.3) is 0 Å². The summed E-state index contributed by atoms with van der Waals surface area (Å²) in [6, 6.07) is 6.08. The predicted molar refractivity (Wildman–Crippen MR) is 121 cm³/mol. The average molecular weight is 427 g/mol. The number of ether oxygens (including phenoxy) is 2. The standard InChI is InChI=1S/C23H34N6O2/c1-3-24-23(29-13-11-17(12-14-29)22-26-16-27-28-22)25-15-18-7-6-10-20(30-2)21(18)31-19-8-4-5-9-19/h6-7,10,16-17,19H,3-5,8-9,11-15H2,1-2H3,(H,24,25)(H,26,27,28). The van der Waals surface area contributed by atoms with Crippen LogP contribution in [-0.4, -0.2) is 58.9 Å². The van der Waals surface area contributed by atoms with E-state index in [2.05, 4.69) is 38.4 Å². The maximum absolute atomic E-state index is 6.38. The van der Waals surface area contributed by atoms with Crippen LogP contribution in [-0.2, 0) is 6.54 Å². The lowest BCUT2D eigenvalue weighted by atomic mass is 9.96. The van der Waals surface area contributed by atoms with Gasteiger partial charge in [0.2, 0.25) is 0 Å². The Morgan fingerprint density at radius 1 is 1.23 bits per heavy atom. The monoisotopic (exact) mass is 426 g/mol. The van der Waals surface area contributed by atoms with Crippen LogP contribution >= 0.6 is 0 Å². The summed E-state index contributed by atoms with van der Waals surface area (Å²) in [5, 5.41) is 10.5. The third-order valence-electron chi connectivity index (χ3n) is 6.22. The molecule has 0 atom stereocenters. The van der Waals surface area contributed by atoms with Crippen molar-refractivity contribution in [2.45, 2.75) is 64.0 Å². The van der Waals surface area contributed by atoms with Gasteiger partial charge in [-0.05, 0) is 51.5 Å². The smallest absolute Gasteiger partial charge is 0.194 e. The summed E-state index contributed by atoms with van der Waals surface area (Å²) in [6.07, 6.45) is 8.65. The number of para-hydroxylation sites is 1. The maximum atomic E-state index is 6.38. The third-order valence-corrected chi connectivity index (χ3v) is 6.22. The fraction of sp³-hybridized carbons (Fsp3) is 0.609. The van der Waals surface area contributed by atoms with Crippen LogP contribution in [0.3, 0.4) is 0 Å². The van der Waals surface area contributed by atoms with Crippen molar-refractivity contribution in [1.29, 1.82) is 0 Å². The normalized spacial score (nSPS) is 18.4. The molecule has 1 aromatic heterocycles. The number of methoxy groups -OCH3 is 1. The molecule has 0 radical (unpaired) electrons. The molecule has 168 valence electrons. The van der Waals surface area contributed by atoms with E-state index >= 15 is 0 Å². The van der Waals surface area contributed by atoms with Crippen LogP contribution in [0.4, 0.5) is 0 Å². The largest absolute Gasteiger partial charge is 0.493 e. The average Bonchev–Trinajstić information content (AvgIpc) is 3.52. The molecule has 0 spiro atoms. The Morgan fingerprint density at radius 2 is 2.03 bits per heavy atom. The minimum absolute atomic E-state index is 0.280. The lowest BCUT2D eigenvalue weighted by Gasteiger charge is -2.33. The highest BCUT2D eigenvalue weighted by molar-refractivity contribution is 5.80. The lowest BCUT2D eigenvalue weighted by molar-refractivity contribution is 0.198. The molecule has 2 aromatic rings. The van der Waals surface area contributed by atoms with Gasteiger partial charge >= 0.3 is 0 Å². The van der Waals surface area contributed by atoms with Gasteiger partial charge < -0.3 is 19.7 Å². The number of aliphatic imine (C=N–C) groups is 1. The van der Waals surface area contributed by atoms with Gasteiger partial charge in [-0.25, -0.2) is 9.98 Å². The third kappa shape index (κ3) is 5.29. The van der Waals surface area contributed by atoms with Gasteiger partial charge in [0, 0.05) is 31.1 Å². The van der Waals surface area contributed by atoms with E-state index in [9.17, 15) is 0 Å². The molecule has 0 unspecified atom stereocenters. The van der Waals surface area contributed by atoms with Gasteiger partial charge in [-0.3, -0.25) is 5.10 Å². The maximum Gasteiger partial charge on any atom is 0.194 e. The summed E-state index contributed by atoms with van der Waals surface area (Å²) in [5.74, 6) is 4.02. The van der Waals surface area contributed by atoms with Crippen molar-refractivity contribution in [2.75, 3.05) is 26.7 Å². The Bertz CT molecular complexity index is 840. The molecule has 1 aliphatic heterocycles. The number of guanidine groups is 1. The van der Waals surface area contributed by atoms with Crippen LogP contribution in [0.2, 0.25) is 0 Å². The molecule has 0 bridgehead atoms. The van der Waals surface area contributed by atoms with Crippen LogP contribution in [0.1, 0.15) is 62.8 Å². The van der Waals surface area contributed by atoms with Gasteiger partial charge in [-0.15, -0.1) is 0 Å². The summed E-state index contributed by atoms with van der Waals surface area (Å²) < 4.78 is 12.0. The van der Waals surface area contributed by atoms with Crippen molar-refractivity contribution in [3.8, 4) is 11.5 Å². The highest BCUT2D eigenvalue weighted by atomic mass is 16.5. The number of piperidine rings is 1. The Hall–Kier alpha value is -2.77. The highest BCUT2D eigenvalue weighted by Gasteiger charge is 2.25. The van der Waals surface area contributed by atoms with Crippen LogP contribution in [0, 0.1) is 0 Å². The van der Waals surface area contributed by atoms with E-state index in [4.69, 9.17) is 14.5 Å². The minimum Gasteiger partial charge on any atom is -0.493 e. The second-order valence-corrected chi connectivity index (χ2v) is 8.28. The molecule has 2 fully saturated rings. The van der Waals surface area contributed by atoms with Crippen LogP contribution in [0.25, 0.3) is 0 Å². The number of aromatic amines is 1. The van der Waals surface area contributed by atoms with Crippen molar-refractivity contribution in [3.05, 3.63) is 35.9 Å². The molecule has 31 heavy (non-hydrogen) atoms.